The van der Waals surface area contributed by atoms with Crippen LogP contribution in [-0.4, -0.2) is 18.4 Å². The Morgan fingerprint density at radius 1 is 0.826 bits per heavy atom. The number of ether oxygens (including phenoxy) is 1. The van der Waals surface area contributed by atoms with E-state index in [0.29, 0.717) is 12.0 Å². The summed E-state index contributed by atoms with van der Waals surface area (Å²) in [5.41, 5.74) is 2.67. The van der Waals surface area contributed by atoms with Crippen LogP contribution in [0.4, 0.5) is 0 Å². The summed E-state index contributed by atoms with van der Waals surface area (Å²) in [5.74, 6) is 0.346. The maximum Gasteiger partial charge on any atom is 0.119 e. The van der Waals surface area contributed by atoms with E-state index in [-0.39, 0.29) is 5.72 Å². The molecule has 1 saturated carbocycles. The lowest BCUT2D eigenvalue weighted by Crippen LogP contribution is -2.47. The van der Waals surface area contributed by atoms with E-state index in [2.05, 4.69) is 66.0 Å². The van der Waals surface area contributed by atoms with Crippen LogP contribution in [0.15, 0.2) is 60.7 Å². The van der Waals surface area contributed by atoms with Gasteiger partial charge in [-0.05, 0) is 36.8 Å². The average molecular weight is 307 g/mol. The first-order valence-corrected chi connectivity index (χ1v) is 8.88. The second-order valence-electron chi connectivity index (χ2n) is 6.92. The van der Waals surface area contributed by atoms with Crippen LogP contribution in [0.3, 0.4) is 0 Å². The number of hydrogen-bond donors (Lipinski definition) is 1. The van der Waals surface area contributed by atoms with Crippen molar-refractivity contribution in [3.63, 3.8) is 0 Å². The molecule has 2 aliphatic rings. The third-order valence-corrected chi connectivity index (χ3v) is 5.37. The predicted octanol–water partition coefficient (Wildman–Crippen LogP) is 4.47. The van der Waals surface area contributed by atoms with Gasteiger partial charge in [-0.25, -0.2) is 0 Å². The molecule has 1 aliphatic heterocycles. The normalized spacial score (nSPS) is 23.4. The van der Waals surface area contributed by atoms with E-state index in [9.17, 15) is 0 Å². The highest BCUT2D eigenvalue weighted by atomic mass is 16.5. The highest BCUT2D eigenvalue weighted by Gasteiger charge is 2.43. The number of hydrogen-bond acceptors (Lipinski definition) is 2. The topological polar surface area (TPSA) is 21.3 Å². The molecule has 23 heavy (non-hydrogen) atoms. The first-order valence-electron chi connectivity index (χ1n) is 8.88. The molecule has 2 aromatic carbocycles. The Bertz CT molecular complexity index is 579. The average Bonchev–Trinajstić information content (AvgIpc) is 3.01. The van der Waals surface area contributed by atoms with Gasteiger partial charge in [0.05, 0.1) is 6.61 Å². The van der Waals surface area contributed by atoms with Crippen LogP contribution >= 0.6 is 0 Å². The summed E-state index contributed by atoms with van der Waals surface area (Å²) < 4.78 is 6.31. The molecule has 0 aromatic heterocycles. The van der Waals surface area contributed by atoms with E-state index in [1.54, 1.807) is 0 Å². The summed E-state index contributed by atoms with van der Waals surface area (Å²) >= 11 is 0. The van der Waals surface area contributed by atoms with Crippen LogP contribution in [0.1, 0.15) is 49.1 Å². The molecule has 1 heterocycles. The van der Waals surface area contributed by atoms with Gasteiger partial charge in [-0.3, -0.25) is 5.32 Å². The predicted molar refractivity (Wildman–Crippen MR) is 93.4 cm³/mol. The van der Waals surface area contributed by atoms with Gasteiger partial charge in [0.25, 0.3) is 0 Å². The molecule has 1 spiro atoms. The van der Waals surface area contributed by atoms with Crippen molar-refractivity contribution < 1.29 is 4.74 Å². The lowest BCUT2D eigenvalue weighted by Gasteiger charge is -2.34. The summed E-state index contributed by atoms with van der Waals surface area (Å²) in [4.78, 5) is 0. The molecule has 2 nitrogen and oxygen atoms in total. The lowest BCUT2D eigenvalue weighted by atomic mass is 9.84. The van der Waals surface area contributed by atoms with Gasteiger partial charge >= 0.3 is 0 Å². The summed E-state index contributed by atoms with van der Waals surface area (Å²) in [7, 11) is 0. The van der Waals surface area contributed by atoms with Gasteiger partial charge in [0.1, 0.15) is 5.72 Å². The van der Waals surface area contributed by atoms with Crippen molar-refractivity contribution in [2.24, 2.45) is 0 Å². The van der Waals surface area contributed by atoms with Crippen LogP contribution < -0.4 is 5.32 Å². The zero-order chi connectivity index (χ0) is 15.5. The quantitative estimate of drug-likeness (QED) is 0.903. The van der Waals surface area contributed by atoms with E-state index in [1.807, 2.05) is 0 Å². The van der Waals surface area contributed by atoms with E-state index >= 15 is 0 Å². The fourth-order valence-corrected chi connectivity index (χ4v) is 4.24. The molecule has 2 fully saturated rings. The number of benzene rings is 2. The highest BCUT2D eigenvalue weighted by molar-refractivity contribution is 5.35. The van der Waals surface area contributed by atoms with Crippen molar-refractivity contribution in [2.45, 2.75) is 49.8 Å². The third-order valence-electron chi connectivity index (χ3n) is 5.37. The molecule has 120 valence electrons. The molecule has 0 amide bonds. The Hall–Kier alpha value is -1.64. The van der Waals surface area contributed by atoms with Gasteiger partial charge in [-0.2, -0.15) is 0 Å². The number of rotatable bonds is 3. The molecule has 1 aliphatic carbocycles. The van der Waals surface area contributed by atoms with Crippen LogP contribution in [0.2, 0.25) is 0 Å². The van der Waals surface area contributed by atoms with E-state index in [0.717, 1.165) is 19.4 Å². The minimum atomic E-state index is -0.0648. The molecule has 1 N–H and O–H groups in total. The van der Waals surface area contributed by atoms with Gasteiger partial charge in [0, 0.05) is 12.0 Å². The van der Waals surface area contributed by atoms with Crippen molar-refractivity contribution in [1.29, 1.82) is 0 Å². The fraction of sp³-hybridized carbons (Fsp3) is 0.429. The van der Waals surface area contributed by atoms with Crippen LogP contribution in [0.5, 0.6) is 0 Å². The Morgan fingerprint density at radius 2 is 1.39 bits per heavy atom. The summed E-state index contributed by atoms with van der Waals surface area (Å²) in [6.07, 6.45) is 6.21. The molecule has 4 rings (SSSR count). The van der Waals surface area contributed by atoms with Gasteiger partial charge in [-0.15, -0.1) is 0 Å². The molecule has 0 radical (unpaired) electrons. The second kappa shape index (κ2) is 6.46. The molecule has 1 saturated heterocycles. The van der Waals surface area contributed by atoms with Crippen LogP contribution in [-0.2, 0) is 4.74 Å². The maximum absolute atomic E-state index is 6.31. The van der Waals surface area contributed by atoms with E-state index in [4.69, 9.17) is 4.74 Å². The molecule has 1 atom stereocenters. The Labute approximate surface area is 138 Å². The van der Waals surface area contributed by atoms with E-state index in [1.165, 1.54) is 30.4 Å². The van der Waals surface area contributed by atoms with E-state index < -0.39 is 0 Å². The van der Waals surface area contributed by atoms with Gasteiger partial charge in [0.15, 0.2) is 0 Å². The van der Waals surface area contributed by atoms with Gasteiger partial charge in [0.2, 0.25) is 0 Å². The molecule has 1 unspecified atom stereocenters. The molecular weight excluding hydrogens is 282 g/mol. The second-order valence-corrected chi connectivity index (χ2v) is 6.92. The molecule has 0 bridgehead atoms. The number of nitrogens with one attached hydrogen (secondary N) is 1. The minimum absolute atomic E-state index is 0.0648. The lowest BCUT2D eigenvalue weighted by molar-refractivity contribution is -0.0383. The Kier molecular flexibility index (Phi) is 4.19. The Morgan fingerprint density at radius 3 is 1.96 bits per heavy atom. The largest absolute Gasteiger partial charge is 0.359 e. The van der Waals surface area contributed by atoms with Crippen LogP contribution in [0.25, 0.3) is 0 Å². The molecular formula is C21H25NO. The van der Waals surface area contributed by atoms with Crippen molar-refractivity contribution in [3.8, 4) is 0 Å². The summed E-state index contributed by atoms with van der Waals surface area (Å²) in [6.45, 7) is 0.800. The minimum Gasteiger partial charge on any atom is -0.359 e. The first-order chi connectivity index (χ1) is 11.4. The van der Waals surface area contributed by atoms with Crippen molar-refractivity contribution in [1.82, 2.24) is 5.32 Å². The third kappa shape index (κ3) is 3.06. The van der Waals surface area contributed by atoms with Gasteiger partial charge < -0.3 is 4.74 Å². The van der Waals surface area contributed by atoms with Gasteiger partial charge in [-0.1, -0.05) is 67.1 Å². The Balaban J connectivity index is 1.64. The highest BCUT2D eigenvalue weighted by Crippen LogP contribution is 2.38. The molecule has 2 aromatic rings. The first kappa shape index (κ1) is 14.9. The van der Waals surface area contributed by atoms with Crippen molar-refractivity contribution in [2.75, 3.05) is 6.61 Å². The zero-order valence-electron chi connectivity index (χ0n) is 13.6. The SMILES string of the molecule is c1ccc(C(c2ccccc2)C2COC3(CCCCC3)N2)cc1. The maximum atomic E-state index is 6.31. The zero-order valence-corrected chi connectivity index (χ0v) is 13.6. The van der Waals surface area contributed by atoms with Crippen LogP contribution in [0, 0.1) is 0 Å². The smallest absolute Gasteiger partial charge is 0.119 e. The monoisotopic (exact) mass is 307 g/mol. The van der Waals surface area contributed by atoms with Crippen molar-refractivity contribution in [3.05, 3.63) is 71.8 Å². The molecule has 2 heteroatoms. The summed E-state index contributed by atoms with van der Waals surface area (Å²) in [6, 6.07) is 22.0. The van der Waals surface area contributed by atoms with Crippen molar-refractivity contribution >= 4 is 0 Å². The summed E-state index contributed by atoms with van der Waals surface area (Å²) in [5, 5.41) is 3.88. The fourth-order valence-electron chi connectivity index (χ4n) is 4.24. The standard InChI is InChI=1S/C21H25NO/c1-4-10-17(11-5-1)20(18-12-6-2-7-13-18)19-16-23-21(22-19)14-8-3-9-15-21/h1-2,4-7,10-13,19-20,22H,3,8-9,14-16H2.